The number of H-pyrrole nitrogens is 1. The Labute approximate surface area is 151 Å². The molecule has 3 heteroatoms. The van der Waals surface area contributed by atoms with E-state index in [1.807, 2.05) is 0 Å². The first kappa shape index (κ1) is 15.9. The van der Waals surface area contributed by atoms with Crippen LogP contribution in [0.15, 0.2) is 53.0 Å². The lowest BCUT2D eigenvalue weighted by Crippen LogP contribution is -2.33. The van der Waals surface area contributed by atoms with Gasteiger partial charge < -0.3 is 10.3 Å². The van der Waals surface area contributed by atoms with Crippen LogP contribution in [0, 0.1) is 5.41 Å². The molecule has 0 amide bonds. The lowest BCUT2D eigenvalue weighted by Gasteiger charge is -2.36. The Balaban J connectivity index is 1.70. The first-order valence-electron chi connectivity index (χ1n) is 8.59. The van der Waals surface area contributed by atoms with E-state index in [0.29, 0.717) is 11.5 Å². The maximum atomic E-state index is 3.78. The minimum absolute atomic E-state index is 0.304. The average Bonchev–Trinajstić information content (AvgIpc) is 2.90. The van der Waals surface area contributed by atoms with Crippen molar-refractivity contribution < 1.29 is 0 Å². The lowest BCUT2D eigenvalue weighted by atomic mass is 9.73. The van der Waals surface area contributed by atoms with Crippen molar-refractivity contribution in [2.75, 3.05) is 0 Å². The topological polar surface area (TPSA) is 27.8 Å². The molecule has 1 heterocycles. The van der Waals surface area contributed by atoms with Crippen molar-refractivity contribution in [1.29, 1.82) is 0 Å². The molecular formula is C21H23BrN2. The third-order valence-corrected chi connectivity index (χ3v) is 5.55. The van der Waals surface area contributed by atoms with Crippen molar-refractivity contribution in [3.8, 4) is 0 Å². The van der Waals surface area contributed by atoms with Gasteiger partial charge in [-0.3, -0.25) is 0 Å². The van der Waals surface area contributed by atoms with Gasteiger partial charge in [0.2, 0.25) is 0 Å². The highest BCUT2D eigenvalue weighted by atomic mass is 79.9. The molecule has 1 aliphatic rings. The van der Waals surface area contributed by atoms with Gasteiger partial charge in [-0.15, -0.1) is 0 Å². The zero-order chi connectivity index (χ0) is 16.7. The van der Waals surface area contributed by atoms with E-state index in [-0.39, 0.29) is 0 Å². The number of nitrogens with one attached hydrogen (secondary N) is 2. The molecule has 1 aliphatic carbocycles. The molecule has 0 bridgehead atoms. The standard InChI is InChI=1S/C21H23BrN2/c1-21(2)11-17-16-10-15(22)8-9-18(16)24-20(17)19(12-21)23-13-14-6-4-3-5-7-14/h3-10,19,23-24H,11-13H2,1-2H3/t19-/m1/s1. The molecule has 2 nitrogen and oxygen atoms in total. The van der Waals surface area contributed by atoms with Crippen LogP contribution in [-0.4, -0.2) is 4.98 Å². The summed E-state index contributed by atoms with van der Waals surface area (Å²) in [5, 5.41) is 5.14. The van der Waals surface area contributed by atoms with Crippen LogP contribution in [0.1, 0.15) is 43.1 Å². The average molecular weight is 383 g/mol. The summed E-state index contributed by atoms with van der Waals surface area (Å²) in [4.78, 5) is 3.68. The van der Waals surface area contributed by atoms with Gasteiger partial charge >= 0.3 is 0 Å². The van der Waals surface area contributed by atoms with Gasteiger partial charge in [-0.2, -0.15) is 0 Å². The minimum Gasteiger partial charge on any atom is -0.357 e. The summed E-state index contributed by atoms with van der Waals surface area (Å²) < 4.78 is 1.15. The van der Waals surface area contributed by atoms with E-state index in [4.69, 9.17) is 0 Å². The Morgan fingerprint density at radius 1 is 1.17 bits per heavy atom. The molecular weight excluding hydrogens is 360 g/mol. The lowest BCUT2D eigenvalue weighted by molar-refractivity contribution is 0.255. The number of halogens is 1. The quantitative estimate of drug-likeness (QED) is 0.594. The third kappa shape index (κ3) is 3.03. The highest BCUT2D eigenvalue weighted by Gasteiger charge is 2.34. The van der Waals surface area contributed by atoms with Crippen molar-refractivity contribution in [3.05, 3.63) is 69.8 Å². The fourth-order valence-corrected chi connectivity index (χ4v) is 4.31. The van der Waals surface area contributed by atoms with Gasteiger partial charge in [0.1, 0.15) is 0 Å². The van der Waals surface area contributed by atoms with Gasteiger partial charge in [-0.1, -0.05) is 60.1 Å². The Hall–Kier alpha value is -1.58. The molecule has 0 saturated heterocycles. The number of hydrogen-bond donors (Lipinski definition) is 2. The van der Waals surface area contributed by atoms with Gasteiger partial charge in [0.15, 0.2) is 0 Å². The second kappa shape index (κ2) is 6.05. The monoisotopic (exact) mass is 382 g/mol. The van der Waals surface area contributed by atoms with Gasteiger partial charge in [-0.25, -0.2) is 0 Å². The second-order valence-electron chi connectivity index (χ2n) is 7.67. The van der Waals surface area contributed by atoms with Crippen LogP contribution in [0.2, 0.25) is 0 Å². The summed E-state index contributed by atoms with van der Waals surface area (Å²) in [6.45, 7) is 5.66. The van der Waals surface area contributed by atoms with Crippen LogP contribution < -0.4 is 5.32 Å². The molecule has 1 aromatic heterocycles. The summed E-state index contributed by atoms with van der Waals surface area (Å²) in [6, 6.07) is 17.6. The number of benzene rings is 2. The van der Waals surface area contributed by atoms with Gasteiger partial charge in [0.25, 0.3) is 0 Å². The largest absolute Gasteiger partial charge is 0.357 e. The van der Waals surface area contributed by atoms with Gasteiger partial charge in [0, 0.05) is 33.7 Å². The summed E-state index contributed by atoms with van der Waals surface area (Å²) in [5.74, 6) is 0. The number of fused-ring (bicyclic) bond motifs is 3. The van der Waals surface area contributed by atoms with E-state index >= 15 is 0 Å². The molecule has 0 unspecified atom stereocenters. The molecule has 0 aliphatic heterocycles. The number of hydrogen-bond acceptors (Lipinski definition) is 1. The highest BCUT2D eigenvalue weighted by molar-refractivity contribution is 9.10. The highest BCUT2D eigenvalue weighted by Crippen LogP contribution is 2.43. The fourth-order valence-electron chi connectivity index (χ4n) is 3.95. The van der Waals surface area contributed by atoms with E-state index in [2.05, 4.69) is 88.6 Å². The summed E-state index contributed by atoms with van der Waals surface area (Å²) in [5.41, 5.74) is 5.74. The van der Waals surface area contributed by atoms with Crippen LogP contribution in [0.5, 0.6) is 0 Å². The van der Waals surface area contributed by atoms with E-state index in [1.165, 1.54) is 27.7 Å². The van der Waals surface area contributed by atoms with Gasteiger partial charge in [-0.05, 0) is 47.6 Å². The van der Waals surface area contributed by atoms with E-state index in [1.54, 1.807) is 0 Å². The van der Waals surface area contributed by atoms with Crippen LogP contribution in [-0.2, 0) is 13.0 Å². The molecule has 0 saturated carbocycles. The Bertz CT molecular complexity index is 864. The molecule has 124 valence electrons. The summed E-state index contributed by atoms with van der Waals surface area (Å²) in [6.07, 6.45) is 2.28. The molecule has 1 atom stereocenters. The van der Waals surface area contributed by atoms with Crippen LogP contribution >= 0.6 is 15.9 Å². The van der Waals surface area contributed by atoms with Crippen molar-refractivity contribution in [1.82, 2.24) is 10.3 Å². The van der Waals surface area contributed by atoms with Crippen molar-refractivity contribution in [2.24, 2.45) is 5.41 Å². The number of aromatic nitrogens is 1. The first-order valence-corrected chi connectivity index (χ1v) is 9.38. The molecule has 0 spiro atoms. The third-order valence-electron chi connectivity index (χ3n) is 5.06. The molecule has 2 aromatic carbocycles. The van der Waals surface area contributed by atoms with Crippen molar-refractivity contribution >= 4 is 26.8 Å². The molecule has 0 radical (unpaired) electrons. The zero-order valence-corrected chi connectivity index (χ0v) is 15.8. The maximum absolute atomic E-state index is 3.78. The maximum Gasteiger partial charge on any atom is 0.0483 e. The Morgan fingerprint density at radius 2 is 1.96 bits per heavy atom. The van der Waals surface area contributed by atoms with Gasteiger partial charge in [0.05, 0.1) is 0 Å². The van der Waals surface area contributed by atoms with Crippen LogP contribution in [0.25, 0.3) is 10.9 Å². The Kier molecular flexibility index (Phi) is 4.01. The normalized spacial score (nSPS) is 19.4. The predicted octanol–water partition coefficient (Wildman–Crippen LogP) is 5.73. The van der Waals surface area contributed by atoms with Crippen molar-refractivity contribution in [2.45, 2.75) is 39.3 Å². The molecule has 0 fully saturated rings. The fraction of sp³-hybridized carbons (Fsp3) is 0.333. The molecule has 4 rings (SSSR count). The SMILES string of the molecule is CC1(C)Cc2c([nH]c3ccc(Br)cc23)[C@H](NCc2ccccc2)C1. The first-order chi connectivity index (χ1) is 11.5. The van der Waals surface area contributed by atoms with E-state index < -0.39 is 0 Å². The van der Waals surface area contributed by atoms with Crippen LogP contribution in [0.3, 0.4) is 0 Å². The zero-order valence-electron chi connectivity index (χ0n) is 14.2. The molecule has 24 heavy (non-hydrogen) atoms. The Morgan fingerprint density at radius 3 is 2.75 bits per heavy atom. The molecule has 2 N–H and O–H groups in total. The van der Waals surface area contributed by atoms with Crippen LogP contribution in [0.4, 0.5) is 0 Å². The summed E-state index contributed by atoms with van der Waals surface area (Å²) >= 11 is 3.62. The number of aromatic amines is 1. The van der Waals surface area contributed by atoms with Crippen molar-refractivity contribution in [3.63, 3.8) is 0 Å². The van der Waals surface area contributed by atoms with E-state index in [9.17, 15) is 0 Å². The second-order valence-corrected chi connectivity index (χ2v) is 8.59. The predicted molar refractivity (Wildman–Crippen MR) is 104 cm³/mol. The number of rotatable bonds is 3. The smallest absolute Gasteiger partial charge is 0.0483 e. The van der Waals surface area contributed by atoms with E-state index in [0.717, 1.165) is 23.9 Å². The summed E-state index contributed by atoms with van der Waals surface area (Å²) in [7, 11) is 0. The molecule has 3 aromatic rings. The minimum atomic E-state index is 0.304.